The van der Waals surface area contributed by atoms with Crippen LogP contribution in [0.2, 0.25) is 0 Å². The molecule has 0 atom stereocenters. The molecule has 5 heteroatoms. The van der Waals surface area contributed by atoms with Gasteiger partial charge in [-0.1, -0.05) is 64.7 Å². The molecule has 0 unspecified atom stereocenters. The zero-order valence-corrected chi connectivity index (χ0v) is 16.1. The summed E-state index contributed by atoms with van der Waals surface area (Å²) >= 11 is 0. The van der Waals surface area contributed by atoms with E-state index in [1.165, 1.54) is 51.4 Å². The topological polar surface area (TPSA) is 55.3 Å². The Hall–Kier alpha value is 1.23. The quantitative estimate of drug-likeness (QED) is 0.305. The molecule has 17 heavy (non-hydrogen) atoms. The van der Waals surface area contributed by atoms with Crippen LogP contribution in [0.4, 0.5) is 0 Å². The number of rotatable bonds is 12. The molecule has 0 aromatic heterocycles. The summed E-state index contributed by atoms with van der Waals surface area (Å²) in [5.74, 6) is 0. The van der Waals surface area contributed by atoms with Gasteiger partial charge in [0.05, 0.1) is 0 Å². The van der Waals surface area contributed by atoms with Crippen LogP contribution in [-0.2, 0) is 31.8 Å². The van der Waals surface area contributed by atoms with Gasteiger partial charge in [-0.2, -0.15) is 8.60 Å². The van der Waals surface area contributed by atoms with E-state index in [2.05, 4.69) is 11.4 Å². The summed E-state index contributed by atoms with van der Waals surface area (Å²) in [7, 11) is -2.64. The van der Waals surface area contributed by atoms with E-state index in [0.29, 0.717) is 6.61 Å². The van der Waals surface area contributed by atoms with Crippen molar-refractivity contribution in [1.82, 2.24) is 0 Å². The fourth-order valence-corrected chi connectivity index (χ4v) is 2.01. The van der Waals surface area contributed by atoms with Gasteiger partial charge in [0.1, 0.15) is 0 Å². The Balaban J connectivity index is 0. The van der Waals surface area contributed by atoms with E-state index in [4.69, 9.17) is 0 Å². The first-order valence-corrected chi connectivity index (χ1v) is 7.64. The van der Waals surface area contributed by atoms with Gasteiger partial charge in [0.2, 0.25) is 0 Å². The van der Waals surface area contributed by atoms with Crippen LogP contribution in [0.25, 0.3) is 0 Å². The Morgan fingerprint density at radius 1 is 0.765 bits per heavy atom. The zero-order chi connectivity index (χ0) is 12.1. The van der Waals surface area contributed by atoms with Crippen molar-refractivity contribution in [3.8, 4) is 0 Å². The molecule has 0 saturated carbocycles. The molecular weight excluding hydrogens is 336 g/mol. The Kier molecular flexibility index (Phi) is 20.8. The van der Waals surface area contributed by atoms with Gasteiger partial charge < -0.3 is 14.3 Å². The van der Waals surface area contributed by atoms with Gasteiger partial charge in [0.25, 0.3) is 0 Å². The van der Waals surface area contributed by atoms with Crippen LogP contribution in [0.1, 0.15) is 71.1 Å². The van der Waals surface area contributed by atoms with Gasteiger partial charge in [-0.3, -0.25) is 0 Å². The van der Waals surface area contributed by atoms with Gasteiger partial charge in [-0.05, 0) is 6.42 Å². The minimum absolute atomic E-state index is 0. The Morgan fingerprint density at radius 3 is 1.59 bits per heavy atom. The molecule has 0 heterocycles. The van der Waals surface area contributed by atoms with Gasteiger partial charge in [-0.25, -0.2) is 0 Å². The Labute approximate surface area is 127 Å². The summed E-state index contributed by atoms with van der Waals surface area (Å²) in [5, 5.41) is 0. The van der Waals surface area contributed by atoms with Gasteiger partial charge >= 0.3 is 27.3 Å². The summed E-state index contributed by atoms with van der Waals surface area (Å²) in [6.07, 6.45) is 12.5. The van der Waals surface area contributed by atoms with E-state index in [1.807, 2.05) is 0 Å². The predicted molar refractivity (Wildman–Crippen MR) is 64.7 cm³/mol. The molecule has 0 N–H and O–H groups in total. The van der Waals surface area contributed by atoms with E-state index >= 15 is 0 Å². The molecule has 98 valence electrons. The standard InChI is InChI=1S/C12H25O3P.Cd/c1-2-3-4-5-6-7-8-9-10-11-12-15-16(13)14;/h2-12H2,1H3;/q-2;+2. The predicted octanol–water partition coefficient (Wildman–Crippen LogP) is 2.87. The molecule has 0 aromatic rings. The van der Waals surface area contributed by atoms with Crippen LogP contribution >= 0.6 is 8.60 Å². The summed E-state index contributed by atoms with van der Waals surface area (Å²) < 4.78 is 4.47. The third-order valence-electron chi connectivity index (χ3n) is 2.69. The van der Waals surface area contributed by atoms with Gasteiger partial charge in [0.15, 0.2) is 0 Å². The first-order chi connectivity index (χ1) is 7.77. The third kappa shape index (κ3) is 19.7. The minimum Gasteiger partial charge on any atom is -0.820 e. The van der Waals surface area contributed by atoms with Crippen LogP contribution in [0.5, 0.6) is 0 Å². The molecular formula is C12H25CdO3P. The van der Waals surface area contributed by atoms with E-state index in [9.17, 15) is 9.79 Å². The molecule has 0 aliphatic heterocycles. The largest absolute Gasteiger partial charge is 2.00 e. The van der Waals surface area contributed by atoms with Crippen LogP contribution in [0.15, 0.2) is 0 Å². The van der Waals surface area contributed by atoms with Crippen LogP contribution in [0.3, 0.4) is 0 Å². The minimum atomic E-state index is -2.64. The second-order valence-corrected chi connectivity index (χ2v) is 4.94. The van der Waals surface area contributed by atoms with Crippen molar-refractivity contribution in [2.75, 3.05) is 6.61 Å². The molecule has 3 nitrogen and oxygen atoms in total. The van der Waals surface area contributed by atoms with Gasteiger partial charge in [-0.15, -0.1) is 0 Å². The maximum atomic E-state index is 10.1. The van der Waals surface area contributed by atoms with Crippen LogP contribution in [0, 0.1) is 0 Å². The zero-order valence-electron chi connectivity index (χ0n) is 11.2. The molecule has 0 spiro atoms. The maximum Gasteiger partial charge on any atom is 2.00 e. The molecule has 0 radical (unpaired) electrons. The second kappa shape index (κ2) is 17.2. The van der Waals surface area contributed by atoms with Crippen molar-refractivity contribution in [3.05, 3.63) is 0 Å². The Bertz CT molecular complexity index is 137. The number of unbranched alkanes of at least 4 members (excludes halogenated alkanes) is 9. The Morgan fingerprint density at radius 2 is 1.18 bits per heavy atom. The fourth-order valence-electron chi connectivity index (χ4n) is 1.73. The second-order valence-electron chi connectivity index (χ2n) is 4.24. The fraction of sp³-hybridized carbons (Fsp3) is 1.00. The number of hydrogen-bond donors (Lipinski definition) is 0. The van der Waals surface area contributed by atoms with Crippen molar-refractivity contribution in [3.63, 3.8) is 0 Å². The average molecular weight is 361 g/mol. The first-order valence-electron chi connectivity index (χ1n) is 6.54. The molecule has 0 bridgehead atoms. The third-order valence-corrected chi connectivity index (χ3v) is 3.09. The van der Waals surface area contributed by atoms with E-state index < -0.39 is 8.60 Å². The van der Waals surface area contributed by atoms with Crippen molar-refractivity contribution in [2.24, 2.45) is 0 Å². The average Bonchev–Trinajstić information content (AvgIpc) is 2.25. The smallest absolute Gasteiger partial charge is 0.820 e. The summed E-state index contributed by atoms with van der Waals surface area (Å²) in [6.45, 7) is 2.59. The van der Waals surface area contributed by atoms with Crippen LogP contribution in [-0.4, -0.2) is 6.61 Å². The summed E-state index contributed by atoms with van der Waals surface area (Å²) in [4.78, 5) is 20.1. The monoisotopic (exact) mass is 362 g/mol. The molecule has 0 aliphatic rings. The summed E-state index contributed by atoms with van der Waals surface area (Å²) in [5.41, 5.74) is 0. The molecule has 0 saturated heterocycles. The van der Waals surface area contributed by atoms with Crippen molar-refractivity contribution in [1.29, 1.82) is 0 Å². The molecule has 0 aromatic carbocycles. The molecule has 0 rings (SSSR count). The molecule has 0 amide bonds. The van der Waals surface area contributed by atoms with E-state index in [1.54, 1.807) is 0 Å². The normalized spacial score (nSPS) is 10.6. The van der Waals surface area contributed by atoms with E-state index in [0.717, 1.165) is 12.8 Å². The molecule has 0 aliphatic carbocycles. The van der Waals surface area contributed by atoms with E-state index in [-0.39, 0.29) is 27.3 Å². The number of hydrogen-bond acceptors (Lipinski definition) is 3. The van der Waals surface area contributed by atoms with Crippen molar-refractivity contribution >= 4 is 8.60 Å². The molecule has 0 fully saturated rings. The van der Waals surface area contributed by atoms with Crippen molar-refractivity contribution in [2.45, 2.75) is 71.1 Å². The summed E-state index contributed by atoms with van der Waals surface area (Å²) in [6, 6.07) is 0. The van der Waals surface area contributed by atoms with Crippen LogP contribution < -0.4 is 9.79 Å². The van der Waals surface area contributed by atoms with Gasteiger partial charge in [0, 0.05) is 6.61 Å². The first kappa shape index (κ1) is 20.5. The SMILES string of the molecule is CCCCCCCCCCCCOP([O-])[O-].[Cd+2]. The van der Waals surface area contributed by atoms with Crippen molar-refractivity contribution < 1.29 is 41.6 Å². The maximum absolute atomic E-state index is 10.1.